The minimum atomic E-state index is -0.769. The summed E-state index contributed by atoms with van der Waals surface area (Å²) in [5, 5.41) is 4.49. The molecule has 0 saturated heterocycles. The molecule has 1 aliphatic carbocycles. The van der Waals surface area contributed by atoms with E-state index in [1.807, 2.05) is 36.4 Å². The molecule has 3 aromatic carbocycles. The van der Waals surface area contributed by atoms with Gasteiger partial charge in [-0.3, -0.25) is 19.3 Å². The Labute approximate surface area is 224 Å². The Hall–Kier alpha value is -4.37. The van der Waals surface area contributed by atoms with E-state index in [9.17, 15) is 19.2 Å². The Kier molecular flexibility index (Phi) is 8.28. The van der Waals surface area contributed by atoms with E-state index in [-0.39, 0.29) is 42.8 Å². The molecule has 0 atom stereocenters. The van der Waals surface area contributed by atoms with Crippen molar-refractivity contribution in [2.24, 2.45) is 0 Å². The predicted octanol–water partition coefficient (Wildman–Crippen LogP) is 5.27. The zero-order valence-corrected chi connectivity index (χ0v) is 21.6. The van der Waals surface area contributed by atoms with Crippen LogP contribution in [-0.2, 0) is 14.3 Å². The minimum Gasteiger partial charge on any atom is -0.449 e. The van der Waals surface area contributed by atoms with Crippen molar-refractivity contribution in [3.05, 3.63) is 77.9 Å². The molecule has 0 aromatic heterocycles. The summed E-state index contributed by atoms with van der Waals surface area (Å²) in [6, 6.07) is 20.5. The van der Waals surface area contributed by atoms with Crippen molar-refractivity contribution >= 4 is 46.3 Å². The van der Waals surface area contributed by atoms with Crippen molar-refractivity contribution in [2.75, 3.05) is 30.4 Å². The number of hydrogen-bond donors (Lipinski definition) is 2. The summed E-state index contributed by atoms with van der Waals surface area (Å²) in [7, 11) is 1.42. The first-order valence-electron chi connectivity index (χ1n) is 11.9. The van der Waals surface area contributed by atoms with E-state index in [1.54, 1.807) is 0 Å². The molecule has 0 fully saturated rings. The largest absolute Gasteiger partial charge is 0.449 e. The van der Waals surface area contributed by atoms with E-state index < -0.39 is 17.4 Å². The molecule has 196 valence electrons. The second-order valence-electron chi connectivity index (χ2n) is 8.64. The minimum absolute atomic E-state index is 0.0189. The molecule has 3 aromatic rings. The van der Waals surface area contributed by atoms with Crippen molar-refractivity contribution in [3.8, 4) is 16.9 Å². The van der Waals surface area contributed by atoms with Gasteiger partial charge in [-0.25, -0.2) is 4.79 Å². The number of esters is 1. The molecule has 0 unspecified atom stereocenters. The van der Waals surface area contributed by atoms with Crippen LogP contribution < -0.4 is 20.3 Å². The van der Waals surface area contributed by atoms with Crippen LogP contribution in [0.15, 0.2) is 66.7 Å². The fourth-order valence-corrected chi connectivity index (χ4v) is 4.44. The van der Waals surface area contributed by atoms with E-state index in [2.05, 4.69) is 22.8 Å². The molecule has 0 heterocycles. The van der Waals surface area contributed by atoms with Crippen LogP contribution in [0.1, 0.15) is 30.4 Å². The van der Waals surface area contributed by atoms with E-state index >= 15 is 0 Å². The molecule has 0 radical (unpaired) electrons. The number of benzene rings is 3. The van der Waals surface area contributed by atoms with Crippen LogP contribution in [-0.4, -0.2) is 43.5 Å². The number of halogens is 1. The second kappa shape index (κ2) is 11.8. The van der Waals surface area contributed by atoms with Gasteiger partial charge in [0.05, 0.1) is 5.69 Å². The first-order chi connectivity index (χ1) is 18.2. The molecule has 10 heteroatoms. The number of nitrogens with one attached hydrogen (secondary N) is 2. The molecule has 4 rings (SSSR count). The van der Waals surface area contributed by atoms with Gasteiger partial charge in [-0.05, 0) is 46.0 Å². The summed E-state index contributed by atoms with van der Waals surface area (Å²) in [6.07, 6.45) is -0.635. The Morgan fingerprint density at radius 3 is 2.18 bits per heavy atom. The highest BCUT2D eigenvalue weighted by Gasteiger charge is 2.29. The van der Waals surface area contributed by atoms with Gasteiger partial charge in [0.1, 0.15) is 6.61 Å². The fraction of sp³-hybridized carbons (Fsp3) is 0.214. The lowest BCUT2D eigenvalue weighted by Crippen LogP contribution is -2.29. The van der Waals surface area contributed by atoms with Crippen molar-refractivity contribution in [1.29, 1.82) is 0 Å². The zero-order valence-electron chi connectivity index (χ0n) is 20.8. The van der Waals surface area contributed by atoms with Crippen LogP contribution >= 0.6 is 11.6 Å². The van der Waals surface area contributed by atoms with Crippen LogP contribution in [0.3, 0.4) is 0 Å². The maximum Gasteiger partial charge on any atom is 0.407 e. The van der Waals surface area contributed by atoms with Gasteiger partial charge in [0.25, 0.3) is 0 Å². The molecule has 0 spiro atoms. The normalized spacial score (nSPS) is 11.7. The molecule has 9 nitrogen and oxygen atoms in total. The molecule has 2 N–H and O–H groups in total. The Balaban J connectivity index is 1.28. The first-order valence-corrected chi connectivity index (χ1v) is 12.3. The molecule has 0 bridgehead atoms. The maximum absolute atomic E-state index is 12.4. The van der Waals surface area contributed by atoms with Crippen molar-refractivity contribution in [3.63, 3.8) is 0 Å². The second-order valence-corrected chi connectivity index (χ2v) is 8.96. The highest BCUT2D eigenvalue weighted by atomic mass is 35.5. The van der Waals surface area contributed by atoms with Crippen molar-refractivity contribution in [2.45, 2.75) is 19.3 Å². The fourth-order valence-electron chi connectivity index (χ4n) is 4.35. The molecular weight excluding hydrogens is 510 g/mol. The van der Waals surface area contributed by atoms with Gasteiger partial charge in [0, 0.05) is 44.6 Å². The SMILES string of the molecule is CC(=O)Oc1cc(NC(=O)CCNC(=O)OCC2c3ccccc3-c3ccccc32)ccc1N(C)C(=O)Cl. The number of anilines is 2. The lowest BCUT2D eigenvalue weighted by Gasteiger charge is -2.18. The monoisotopic (exact) mass is 535 g/mol. The number of carbonyl (C=O) groups is 4. The van der Waals surface area contributed by atoms with Gasteiger partial charge in [-0.2, -0.15) is 0 Å². The van der Waals surface area contributed by atoms with E-state index in [0.29, 0.717) is 5.69 Å². The van der Waals surface area contributed by atoms with Crippen molar-refractivity contribution < 1.29 is 28.7 Å². The molecular formula is C28H26ClN3O6. The van der Waals surface area contributed by atoms with E-state index in [0.717, 1.165) is 27.2 Å². The van der Waals surface area contributed by atoms with Gasteiger partial charge < -0.3 is 20.1 Å². The highest BCUT2D eigenvalue weighted by molar-refractivity contribution is 6.66. The number of hydrogen-bond acceptors (Lipinski definition) is 6. The standard InChI is InChI=1S/C28H26ClN3O6/c1-17(33)38-25-15-18(11-12-24(25)32(2)27(29)35)31-26(34)13-14-30-28(36)37-16-23-21-9-5-3-7-19(21)20-8-4-6-10-22(20)23/h3-12,15,23H,13-14,16H2,1-2H3,(H,30,36)(H,31,34). The highest BCUT2D eigenvalue weighted by Crippen LogP contribution is 2.44. The lowest BCUT2D eigenvalue weighted by atomic mass is 9.98. The summed E-state index contributed by atoms with van der Waals surface area (Å²) < 4.78 is 10.6. The average molecular weight is 536 g/mol. The van der Waals surface area contributed by atoms with Crippen molar-refractivity contribution in [1.82, 2.24) is 5.32 Å². The Morgan fingerprint density at radius 2 is 1.58 bits per heavy atom. The molecule has 38 heavy (non-hydrogen) atoms. The first kappa shape index (κ1) is 26.7. The Morgan fingerprint density at radius 1 is 0.947 bits per heavy atom. The van der Waals surface area contributed by atoms with Crippen LogP contribution in [0.2, 0.25) is 0 Å². The summed E-state index contributed by atoms with van der Waals surface area (Å²) in [6.45, 7) is 1.45. The summed E-state index contributed by atoms with van der Waals surface area (Å²) in [5.41, 5.74) is 5.10. The summed E-state index contributed by atoms with van der Waals surface area (Å²) >= 11 is 5.51. The number of carbonyl (C=O) groups excluding carboxylic acids is 4. The average Bonchev–Trinajstić information content (AvgIpc) is 3.20. The van der Waals surface area contributed by atoms with E-state index in [4.69, 9.17) is 21.1 Å². The number of amides is 3. The third kappa shape index (κ3) is 6.12. The van der Waals surface area contributed by atoms with Gasteiger partial charge in [0.15, 0.2) is 5.75 Å². The van der Waals surface area contributed by atoms with Crippen LogP contribution in [0.25, 0.3) is 11.1 Å². The number of alkyl carbamates (subject to hydrolysis) is 1. The van der Waals surface area contributed by atoms with E-state index in [1.165, 1.54) is 32.2 Å². The zero-order chi connectivity index (χ0) is 27.2. The molecule has 0 aliphatic heterocycles. The topological polar surface area (TPSA) is 114 Å². The van der Waals surface area contributed by atoms with Gasteiger partial charge in [-0.1, -0.05) is 48.5 Å². The lowest BCUT2D eigenvalue weighted by molar-refractivity contribution is -0.131. The Bertz CT molecular complexity index is 1350. The van der Waals surface area contributed by atoms with Crippen LogP contribution in [0, 0.1) is 0 Å². The number of ether oxygens (including phenoxy) is 2. The molecule has 0 saturated carbocycles. The molecule has 3 amide bonds. The third-order valence-corrected chi connectivity index (χ3v) is 6.34. The number of rotatable bonds is 8. The summed E-state index contributed by atoms with van der Waals surface area (Å²) in [4.78, 5) is 48.8. The van der Waals surface area contributed by atoms with Gasteiger partial charge >= 0.3 is 17.4 Å². The number of fused-ring (bicyclic) bond motifs is 3. The number of nitrogens with zero attached hydrogens (tertiary/aromatic N) is 1. The van der Waals surface area contributed by atoms with Crippen LogP contribution in [0.4, 0.5) is 21.0 Å². The van der Waals surface area contributed by atoms with Gasteiger partial charge in [-0.15, -0.1) is 0 Å². The third-order valence-electron chi connectivity index (χ3n) is 6.09. The van der Waals surface area contributed by atoms with Crippen LogP contribution in [0.5, 0.6) is 5.75 Å². The summed E-state index contributed by atoms with van der Waals surface area (Å²) in [5.74, 6) is -0.979. The van der Waals surface area contributed by atoms with Gasteiger partial charge in [0.2, 0.25) is 5.91 Å². The quantitative estimate of drug-likeness (QED) is 0.176. The predicted molar refractivity (Wildman–Crippen MR) is 144 cm³/mol. The maximum atomic E-state index is 12.4. The smallest absolute Gasteiger partial charge is 0.407 e. The molecule has 1 aliphatic rings.